The van der Waals surface area contributed by atoms with E-state index in [1.807, 2.05) is 12.1 Å². The number of halogens is 1. The Balaban J connectivity index is 2.12. The van der Waals surface area contributed by atoms with Crippen LogP contribution in [0, 0.1) is 5.82 Å². The van der Waals surface area contributed by atoms with Gasteiger partial charge < -0.3 is 4.74 Å². The molecule has 0 N–H and O–H groups in total. The quantitative estimate of drug-likeness (QED) is 0.678. The van der Waals surface area contributed by atoms with Gasteiger partial charge in [-0.05, 0) is 25.1 Å². The first-order chi connectivity index (χ1) is 10.2. The van der Waals surface area contributed by atoms with Gasteiger partial charge in [-0.3, -0.25) is 0 Å². The number of hydrogen-bond acceptors (Lipinski definition) is 4. The monoisotopic (exact) mass is 301 g/mol. The Hall–Kier alpha value is -2.27. The molecule has 0 spiro atoms. The van der Waals surface area contributed by atoms with Gasteiger partial charge in [0.1, 0.15) is 10.8 Å². The number of carbonyl (C=O) groups excluding carboxylic acids is 1. The van der Waals surface area contributed by atoms with Gasteiger partial charge in [-0.25, -0.2) is 14.2 Å². The Labute approximate surface area is 125 Å². The van der Waals surface area contributed by atoms with Gasteiger partial charge in [-0.15, -0.1) is 11.3 Å². The summed E-state index contributed by atoms with van der Waals surface area (Å²) in [5.74, 6) is -0.698. The molecule has 2 aromatic carbocycles. The fraction of sp³-hybridized carbons (Fsp3) is 0.125. The van der Waals surface area contributed by atoms with Gasteiger partial charge >= 0.3 is 5.97 Å². The van der Waals surface area contributed by atoms with Gasteiger partial charge in [0.2, 0.25) is 0 Å². The SMILES string of the molecule is CCOC(=O)c1ccccc1-c1nc2cc(F)ccc2s1. The van der Waals surface area contributed by atoms with Gasteiger partial charge in [-0.1, -0.05) is 18.2 Å². The largest absolute Gasteiger partial charge is 0.462 e. The summed E-state index contributed by atoms with van der Waals surface area (Å²) in [4.78, 5) is 16.4. The lowest BCUT2D eigenvalue weighted by atomic mass is 10.1. The van der Waals surface area contributed by atoms with Crippen molar-refractivity contribution in [2.75, 3.05) is 6.61 Å². The van der Waals surface area contributed by atoms with Crippen molar-refractivity contribution < 1.29 is 13.9 Å². The summed E-state index contributed by atoms with van der Waals surface area (Å²) < 4.78 is 19.2. The van der Waals surface area contributed by atoms with Gasteiger partial charge in [0.25, 0.3) is 0 Å². The van der Waals surface area contributed by atoms with E-state index in [2.05, 4.69) is 4.98 Å². The molecule has 3 nitrogen and oxygen atoms in total. The number of thiazole rings is 1. The Bertz CT molecular complexity index is 813. The number of rotatable bonds is 3. The van der Waals surface area contributed by atoms with Crippen LogP contribution in [0.4, 0.5) is 4.39 Å². The maximum absolute atomic E-state index is 13.2. The Morgan fingerprint density at radius 1 is 1.29 bits per heavy atom. The standard InChI is InChI=1S/C16H12FNO2S/c1-2-20-16(19)12-6-4-3-5-11(12)15-18-13-9-10(17)7-8-14(13)21-15/h3-9H,2H2,1H3. The third-order valence-corrected chi connectivity index (χ3v) is 4.07. The van der Waals surface area contributed by atoms with Crippen LogP contribution in [0.15, 0.2) is 42.5 Å². The zero-order chi connectivity index (χ0) is 14.8. The summed E-state index contributed by atoms with van der Waals surface area (Å²) in [6.07, 6.45) is 0. The fourth-order valence-corrected chi connectivity index (χ4v) is 3.06. The molecule has 0 saturated heterocycles. The van der Waals surface area contributed by atoms with Crippen LogP contribution < -0.4 is 0 Å². The highest BCUT2D eigenvalue weighted by atomic mass is 32.1. The zero-order valence-electron chi connectivity index (χ0n) is 11.3. The predicted octanol–water partition coefficient (Wildman–Crippen LogP) is 4.28. The molecular weight excluding hydrogens is 289 g/mol. The van der Waals surface area contributed by atoms with Gasteiger partial charge in [0.05, 0.1) is 22.4 Å². The second-order valence-electron chi connectivity index (χ2n) is 4.40. The Morgan fingerprint density at radius 2 is 2.10 bits per heavy atom. The van der Waals surface area contributed by atoms with Crippen LogP contribution in [0.25, 0.3) is 20.8 Å². The van der Waals surface area contributed by atoms with Crippen molar-refractivity contribution in [3.05, 3.63) is 53.8 Å². The van der Waals surface area contributed by atoms with E-state index in [0.29, 0.717) is 28.3 Å². The van der Waals surface area contributed by atoms with Crippen molar-refractivity contribution >= 4 is 27.5 Å². The molecule has 0 bridgehead atoms. The fourth-order valence-electron chi connectivity index (χ4n) is 2.07. The number of carbonyl (C=O) groups is 1. The van der Waals surface area contributed by atoms with E-state index >= 15 is 0 Å². The van der Waals surface area contributed by atoms with Gasteiger partial charge in [0, 0.05) is 11.6 Å². The van der Waals surface area contributed by atoms with E-state index in [4.69, 9.17) is 4.74 Å². The summed E-state index contributed by atoms with van der Waals surface area (Å²) in [5, 5.41) is 0.680. The third kappa shape index (κ3) is 2.64. The molecule has 0 aliphatic heterocycles. The molecule has 5 heteroatoms. The van der Waals surface area contributed by atoms with Crippen molar-refractivity contribution in [1.82, 2.24) is 4.98 Å². The van der Waals surface area contributed by atoms with Crippen molar-refractivity contribution in [2.45, 2.75) is 6.92 Å². The molecule has 1 heterocycles. The number of nitrogens with zero attached hydrogens (tertiary/aromatic N) is 1. The lowest BCUT2D eigenvalue weighted by Crippen LogP contribution is -2.06. The number of ether oxygens (including phenoxy) is 1. The maximum atomic E-state index is 13.2. The van der Waals surface area contributed by atoms with Crippen molar-refractivity contribution in [2.24, 2.45) is 0 Å². The molecule has 0 radical (unpaired) electrons. The topological polar surface area (TPSA) is 39.2 Å². The normalized spacial score (nSPS) is 10.8. The molecule has 0 aliphatic rings. The number of benzene rings is 2. The lowest BCUT2D eigenvalue weighted by molar-refractivity contribution is 0.0527. The number of hydrogen-bond donors (Lipinski definition) is 0. The van der Waals surface area contributed by atoms with Crippen molar-refractivity contribution in [3.63, 3.8) is 0 Å². The number of esters is 1. The maximum Gasteiger partial charge on any atom is 0.338 e. The van der Waals surface area contributed by atoms with Crippen LogP contribution in [0.1, 0.15) is 17.3 Å². The van der Waals surface area contributed by atoms with Crippen LogP contribution in [-0.2, 0) is 4.74 Å². The number of aromatic nitrogens is 1. The highest BCUT2D eigenvalue weighted by Gasteiger charge is 2.16. The minimum atomic E-state index is -0.376. The second kappa shape index (κ2) is 5.61. The first-order valence-electron chi connectivity index (χ1n) is 6.51. The average molecular weight is 301 g/mol. The van der Waals surface area contributed by atoms with Crippen LogP contribution >= 0.6 is 11.3 Å². The first-order valence-corrected chi connectivity index (χ1v) is 7.33. The molecule has 0 unspecified atom stereocenters. The van der Waals surface area contributed by atoms with Crippen molar-refractivity contribution in [3.8, 4) is 10.6 Å². The molecule has 3 aromatic rings. The minimum absolute atomic E-state index is 0.318. The third-order valence-electron chi connectivity index (χ3n) is 3.00. The van der Waals surface area contributed by atoms with Crippen LogP contribution in [0.3, 0.4) is 0 Å². The summed E-state index contributed by atoms with van der Waals surface area (Å²) >= 11 is 1.42. The van der Waals surface area contributed by atoms with Crippen LogP contribution in [0.5, 0.6) is 0 Å². The molecule has 0 amide bonds. The summed E-state index contributed by atoms with van der Waals surface area (Å²) in [6.45, 7) is 2.08. The molecule has 0 fully saturated rings. The number of fused-ring (bicyclic) bond motifs is 1. The molecule has 0 saturated carbocycles. The molecule has 1 aromatic heterocycles. The first kappa shape index (κ1) is 13.7. The van der Waals surface area contributed by atoms with E-state index in [1.165, 1.54) is 23.5 Å². The molecule has 0 aliphatic carbocycles. The molecule has 0 atom stereocenters. The van der Waals surface area contributed by atoms with E-state index < -0.39 is 0 Å². The van der Waals surface area contributed by atoms with Crippen LogP contribution in [0.2, 0.25) is 0 Å². The molecular formula is C16H12FNO2S. The smallest absolute Gasteiger partial charge is 0.338 e. The van der Waals surface area contributed by atoms with E-state index in [9.17, 15) is 9.18 Å². The Kier molecular flexibility index (Phi) is 3.66. The summed E-state index contributed by atoms with van der Waals surface area (Å²) in [6, 6.07) is 11.6. The zero-order valence-corrected chi connectivity index (χ0v) is 12.1. The van der Waals surface area contributed by atoms with E-state index in [0.717, 1.165) is 4.70 Å². The van der Waals surface area contributed by atoms with Gasteiger partial charge in [-0.2, -0.15) is 0 Å². The predicted molar refractivity (Wildman–Crippen MR) is 81.0 cm³/mol. The minimum Gasteiger partial charge on any atom is -0.462 e. The van der Waals surface area contributed by atoms with Gasteiger partial charge in [0.15, 0.2) is 0 Å². The molecule has 21 heavy (non-hydrogen) atoms. The van der Waals surface area contributed by atoms with E-state index in [1.54, 1.807) is 25.1 Å². The molecule has 3 rings (SSSR count). The highest BCUT2D eigenvalue weighted by molar-refractivity contribution is 7.21. The average Bonchev–Trinajstić information content (AvgIpc) is 2.90. The molecule has 106 valence electrons. The summed E-state index contributed by atoms with van der Waals surface area (Å²) in [5.41, 5.74) is 1.77. The highest BCUT2D eigenvalue weighted by Crippen LogP contribution is 2.32. The summed E-state index contributed by atoms with van der Waals surface area (Å²) in [7, 11) is 0. The van der Waals surface area contributed by atoms with Crippen LogP contribution in [-0.4, -0.2) is 17.6 Å². The van der Waals surface area contributed by atoms with E-state index in [-0.39, 0.29) is 11.8 Å². The lowest BCUT2D eigenvalue weighted by Gasteiger charge is -2.05. The second-order valence-corrected chi connectivity index (χ2v) is 5.43. The Morgan fingerprint density at radius 3 is 2.90 bits per heavy atom. The van der Waals surface area contributed by atoms with Crippen molar-refractivity contribution in [1.29, 1.82) is 0 Å².